The average Bonchev–Trinajstić information content (AvgIpc) is 2.80. The summed E-state index contributed by atoms with van der Waals surface area (Å²) in [5.41, 5.74) is 1.35. The molecular weight excluding hydrogens is 390 g/mol. The molecule has 1 heterocycles. The number of nitrogens with one attached hydrogen (secondary N) is 2. The van der Waals surface area contributed by atoms with E-state index in [1.165, 1.54) is 0 Å². The summed E-state index contributed by atoms with van der Waals surface area (Å²) in [5.74, 6) is -0.359. The number of fused-ring (bicyclic) bond motifs is 1. The van der Waals surface area contributed by atoms with Gasteiger partial charge in [-0.15, -0.1) is 0 Å². The Bertz CT molecular complexity index is 1290. The fourth-order valence-electron chi connectivity index (χ4n) is 3.69. The Hall–Kier alpha value is -3.93. The molecular formula is C25H23N3O3. The van der Waals surface area contributed by atoms with Crippen molar-refractivity contribution in [3.63, 3.8) is 0 Å². The predicted octanol–water partition coefficient (Wildman–Crippen LogP) is 2.83. The predicted molar refractivity (Wildman–Crippen MR) is 121 cm³/mol. The van der Waals surface area contributed by atoms with E-state index in [4.69, 9.17) is 0 Å². The standard InChI is InChI=1S/C25H23N3O3/c29-23(26-16-15-18-9-3-1-4-10-18)22(17-19-11-5-2-6-12-19)28-24(30)20-13-7-8-14-21(20)27-25(28)31/h1-14,22H,15-17H2,(H,26,29)(H,27,31)/t22-/m0/s1. The van der Waals surface area contributed by atoms with Gasteiger partial charge in [-0.3, -0.25) is 9.59 Å². The van der Waals surface area contributed by atoms with Crippen molar-refractivity contribution in [3.05, 3.63) is 117 Å². The first kappa shape index (κ1) is 20.3. The fraction of sp³-hybridized carbons (Fsp3) is 0.160. The summed E-state index contributed by atoms with van der Waals surface area (Å²) in [6, 6.07) is 25.0. The van der Waals surface area contributed by atoms with Gasteiger partial charge in [0.2, 0.25) is 5.91 Å². The number of para-hydroxylation sites is 1. The van der Waals surface area contributed by atoms with Gasteiger partial charge in [-0.25, -0.2) is 9.36 Å². The van der Waals surface area contributed by atoms with Crippen molar-refractivity contribution < 1.29 is 4.79 Å². The van der Waals surface area contributed by atoms with Crippen LogP contribution in [0.15, 0.2) is 94.5 Å². The van der Waals surface area contributed by atoms with Crippen molar-refractivity contribution in [1.82, 2.24) is 14.9 Å². The van der Waals surface area contributed by atoms with E-state index in [0.29, 0.717) is 23.9 Å². The summed E-state index contributed by atoms with van der Waals surface area (Å²) < 4.78 is 1.03. The van der Waals surface area contributed by atoms with Crippen molar-refractivity contribution in [1.29, 1.82) is 0 Å². The number of amides is 1. The Kier molecular flexibility index (Phi) is 6.08. The lowest BCUT2D eigenvalue weighted by atomic mass is 10.0. The molecule has 0 saturated heterocycles. The number of aromatic nitrogens is 2. The quantitative estimate of drug-likeness (QED) is 0.489. The summed E-state index contributed by atoms with van der Waals surface area (Å²) in [6.45, 7) is 0.411. The smallest absolute Gasteiger partial charge is 0.329 e. The molecule has 0 aliphatic rings. The van der Waals surface area contributed by atoms with E-state index in [9.17, 15) is 14.4 Å². The number of nitrogens with zero attached hydrogens (tertiary/aromatic N) is 1. The number of hydrogen-bond donors (Lipinski definition) is 2. The molecule has 0 saturated carbocycles. The van der Waals surface area contributed by atoms with Crippen LogP contribution < -0.4 is 16.6 Å². The van der Waals surface area contributed by atoms with Crippen molar-refractivity contribution in [3.8, 4) is 0 Å². The Balaban J connectivity index is 1.66. The molecule has 6 nitrogen and oxygen atoms in total. The number of rotatable bonds is 7. The summed E-state index contributed by atoms with van der Waals surface area (Å²) in [6.07, 6.45) is 0.896. The van der Waals surface area contributed by atoms with Crippen molar-refractivity contribution in [2.75, 3.05) is 6.54 Å². The van der Waals surface area contributed by atoms with Gasteiger partial charge in [0.05, 0.1) is 10.9 Å². The van der Waals surface area contributed by atoms with Gasteiger partial charge in [0, 0.05) is 13.0 Å². The van der Waals surface area contributed by atoms with Crippen LogP contribution in [0.4, 0.5) is 0 Å². The molecule has 0 bridgehead atoms. The third kappa shape index (κ3) is 4.64. The molecule has 156 valence electrons. The van der Waals surface area contributed by atoms with E-state index in [-0.39, 0.29) is 12.3 Å². The molecule has 3 aromatic carbocycles. The monoisotopic (exact) mass is 413 g/mol. The lowest BCUT2D eigenvalue weighted by Gasteiger charge is -2.19. The van der Waals surface area contributed by atoms with Gasteiger partial charge in [-0.05, 0) is 29.7 Å². The van der Waals surface area contributed by atoms with Crippen LogP contribution in [0.3, 0.4) is 0 Å². The zero-order valence-corrected chi connectivity index (χ0v) is 17.0. The molecule has 31 heavy (non-hydrogen) atoms. The lowest BCUT2D eigenvalue weighted by molar-refractivity contribution is -0.124. The molecule has 0 aliphatic carbocycles. The highest BCUT2D eigenvalue weighted by molar-refractivity contribution is 5.82. The first-order chi connectivity index (χ1) is 15.1. The van der Waals surface area contributed by atoms with Crippen LogP contribution in [0.2, 0.25) is 0 Å². The minimum Gasteiger partial charge on any atom is -0.354 e. The minimum absolute atomic E-state index is 0.235. The van der Waals surface area contributed by atoms with Gasteiger partial charge in [0.15, 0.2) is 0 Å². The number of carbonyl (C=O) groups is 1. The second kappa shape index (κ2) is 9.26. The number of H-pyrrole nitrogens is 1. The van der Waals surface area contributed by atoms with E-state index in [0.717, 1.165) is 15.7 Å². The Morgan fingerprint density at radius 2 is 1.45 bits per heavy atom. The SMILES string of the molecule is O=C(NCCc1ccccc1)[C@H](Cc1ccccc1)n1c(=O)[nH]c2ccccc2c1=O. The Labute approximate surface area is 179 Å². The average molecular weight is 413 g/mol. The van der Waals surface area contributed by atoms with Crippen LogP contribution in [0, 0.1) is 0 Å². The van der Waals surface area contributed by atoms with E-state index >= 15 is 0 Å². The molecule has 4 aromatic rings. The number of carbonyl (C=O) groups excluding carboxylic acids is 1. The van der Waals surface area contributed by atoms with E-state index < -0.39 is 17.3 Å². The highest BCUT2D eigenvalue weighted by Gasteiger charge is 2.25. The molecule has 0 fully saturated rings. The third-order valence-corrected chi connectivity index (χ3v) is 5.28. The van der Waals surface area contributed by atoms with Crippen LogP contribution in [-0.4, -0.2) is 22.0 Å². The van der Waals surface area contributed by atoms with Crippen molar-refractivity contribution in [2.24, 2.45) is 0 Å². The second-order valence-electron chi connectivity index (χ2n) is 7.38. The molecule has 0 radical (unpaired) electrons. The van der Waals surface area contributed by atoms with Gasteiger partial charge in [-0.1, -0.05) is 72.8 Å². The number of benzene rings is 3. The third-order valence-electron chi connectivity index (χ3n) is 5.28. The number of aromatic amines is 1. The molecule has 0 spiro atoms. The Morgan fingerprint density at radius 3 is 2.16 bits per heavy atom. The van der Waals surface area contributed by atoms with Gasteiger partial charge in [-0.2, -0.15) is 0 Å². The lowest BCUT2D eigenvalue weighted by Crippen LogP contribution is -2.45. The van der Waals surface area contributed by atoms with E-state index in [2.05, 4.69) is 10.3 Å². The van der Waals surface area contributed by atoms with Crippen LogP contribution in [-0.2, 0) is 17.6 Å². The maximum absolute atomic E-state index is 13.2. The number of hydrogen-bond acceptors (Lipinski definition) is 3. The summed E-state index contributed by atoms with van der Waals surface area (Å²) in [5, 5.41) is 3.27. The molecule has 1 aromatic heterocycles. The van der Waals surface area contributed by atoms with Gasteiger partial charge < -0.3 is 10.3 Å². The zero-order valence-electron chi connectivity index (χ0n) is 17.0. The second-order valence-corrected chi connectivity index (χ2v) is 7.38. The van der Waals surface area contributed by atoms with E-state index in [1.54, 1.807) is 24.3 Å². The van der Waals surface area contributed by atoms with Crippen LogP contribution in [0.1, 0.15) is 17.2 Å². The highest BCUT2D eigenvalue weighted by atomic mass is 16.2. The zero-order chi connectivity index (χ0) is 21.6. The van der Waals surface area contributed by atoms with E-state index in [1.807, 2.05) is 60.7 Å². The van der Waals surface area contributed by atoms with Crippen molar-refractivity contribution in [2.45, 2.75) is 18.9 Å². The van der Waals surface area contributed by atoms with Gasteiger partial charge in [0.25, 0.3) is 5.56 Å². The van der Waals surface area contributed by atoms with Crippen LogP contribution >= 0.6 is 0 Å². The van der Waals surface area contributed by atoms with Gasteiger partial charge in [0.1, 0.15) is 6.04 Å². The normalized spacial score (nSPS) is 11.9. The summed E-state index contributed by atoms with van der Waals surface area (Å²) in [4.78, 5) is 41.8. The molecule has 0 unspecified atom stereocenters. The molecule has 1 atom stereocenters. The molecule has 1 amide bonds. The van der Waals surface area contributed by atoms with Gasteiger partial charge >= 0.3 is 5.69 Å². The first-order valence-electron chi connectivity index (χ1n) is 10.2. The molecule has 4 rings (SSSR count). The topological polar surface area (TPSA) is 84.0 Å². The molecule has 2 N–H and O–H groups in total. The maximum Gasteiger partial charge on any atom is 0.329 e. The fourth-order valence-corrected chi connectivity index (χ4v) is 3.69. The van der Waals surface area contributed by atoms with Crippen LogP contribution in [0.25, 0.3) is 10.9 Å². The largest absolute Gasteiger partial charge is 0.354 e. The molecule has 6 heteroatoms. The maximum atomic E-state index is 13.2. The molecule has 0 aliphatic heterocycles. The first-order valence-corrected chi connectivity index (χ1v) is 10.2. The summed E-state index contributed by atoms with van der Waals surface area (Å²) in [7, 11) is 0. The summed E-state index contributed by atoms with van der Waals surface area (Å²) >= 11 is 0. The Morgan fingerprint density at radius 1 is 0.839 bits per heavy atom. The minimum atomic E-state index is -0.959. The van der Waals surface area contributed by atoms with Crippen LogP contribution in [0.5, 0.6) is 0 Å². The highest BCUT2D eigenvalue weighted by Crippen LogP contribution is 2.13. The van der Waals surface area contributed by atoms with Crippen molar-refractivity contribution >= 4 is 16.8 Å².